The largest absolute Gasteiger partial charge is 0.506 e. The van der Waals surface area contributed by atoms with Crippen LogP contribution in [0.15, 0.2) is 16.6 Å². The number of nitrogens with zero attached hydrogens (tertiary/aromatic N) is 3. The van der Waals surface area contributed by atoms with Crippen LogP contribution in [0.1, 0.15) is 34.2 Å². The molecule has 178 valence electrons. The van der Waals surface area contributed by atoms with E-state index in [9.17, 15) is 24.6 Å². The minimum Gasteiger partial charge on any atom is -0.506 e. The Labute approximate surface area is 204 Å². The summed E-state index contributed by atoms with van der Waals surface area (Å²) >= 11 is 9.05. The molecule has 0 aliphatic heterocycles. The zero-order valence-corrected chi connectivity index (χ0v) is 19.4. The number of rotatable bonds is 8. The number of carbonyl (C=O) groups is 3. The summed E-state index contributed by atoms with van der Waals surface area (Å²) in [7, 11) is 0. The van der Waals surface area contributed by atoms with Crippen LogP contribution in [0.3, 0.4) is 0 Å². The molecule has 1 aromatic heterocycles. The maximum atomic E-state index is 12.5. The first-order chi connectivity index (χ1) is 15.9. The van der Waals surface area contributed by atoms with Crippen molar-refractivity contribution in [1.29, 1.82) is 10.7 Å². The smallest absolute Gasteiger partial charge is 0.305 e. The van der Waals surface area contributed by atoms with E-state index in [4.69, 9.17) is 33.7 Å². The third-order valence-electron chi connectivity index (χ3n) is 4.05. The number of anilines is 2. The van der Waals surface area contributed by atoms with Crippen molar-refractivity contribution < 1.29 is 24.6 Å². The lowest BCUT2D eigenvalue weighted by molar-refractivity contribution is -0.137. The van der Waals surface area contributed by atoms with E-state index in [0.717, 1.165) is 0 Å². The quantitative estimate of drug-likeness (QED) is 0.164. The summed E-state index contributed by atoms with van der Waals surface area (Å²) in [6.45, 7) is -0.631. The number of phenolic OH excluding ortho intramolecular Hbond substituents is 1. The Morgan fingerprint density at radius 1 is 1.32 bits per heavy atom. The highest BCUT2D eigenvalue weighted by Gasteiger charge is 2.24. The van der Waals surface area contributed by atoms with E-state index in [2.05, 4.69) is 41.8 Å². The number of carboxylic acid groups (broad SMARTS) is 1. The van der Waals surface area contributed by atoms with Crippen LogP contribution in [0, 0.1) is 16.7 Å². The number of carbonyl (C=O) groups excluding carboxylic acids is 2. The van der Waals surface area contributed by atoms with Crippen molar-refractivity contribution >= 4 is 62.9 Å². The van der Waals surface area contributed by atoms with Gasteiger partial charge in [0, 0.05) is 10.6 Å². The Balaban J connectivity index is 2.18. The predicted octanol–water partition coefficient (Wildman–Crippen LogP) is 0.419. The van der Waals surface area contributed by atoms with Gasteiger partial charge in [0.25, 0.3) is 5.91 Å². The Bertz CT molecular complexity index is 1220. The zero-order valence-electron chi connectivity index (χ0n) is 17.0. The van der Waals surface area contributed by atoms with Crippen molar-refractivity contribution in [3.63, 3.8) is 0 Å². The molecule has 10 N–H and O–H groups in total. The van der Waals surface area contributed by atoms with Gasteiger partial charge in [-0.15, -0.1) is 0 Å². The highest BCUT2D eigenvalue weighted by atomic mass is 79.9. The second-order valence-corrected chi connectivity index (χ2v) is 7.82. The van der Waals surface area contributed by atoms with Gasteiger partial charge in [-0.25, -0.2) is 9.97 Å². The summed E-state index contributed by atoms with van der Waals surface area (Å²) in [4.78, 5) is 43.7. The van der Waals surface area contributed by atoms with E-state index in [1.807, 2.05) is 0 Å². The SMILES string of the molecule is N#Cc1nc(N)c(C(=O)NCC(=O)NC(CC(=O)O)c2cc(Cl)cc(Br)c2O)nc1NC(=N)N. The van der Waals surface area contributed by atoms with E-state index < -0.39 is 54.3 Å². The molecular formula is C18H17BrClN9O5. The fourth-order valence-corrected chi connectivity index (χ4v) is 3.50. The number of nitrogens with one attached hydrogen (secondary N) is 4. The summed E-state index contributed by atoms with van der Waals surface area (Å²) < 4.78 is 0.192. The summed E-state index contributed by atoms with van der Waals surface area (Å²) in [5.74, 6) is -4.61. The van der Waals surface area contributed by atoms with Crippen LogP contribution in [0.25, 0.3) is 0 Å². The number of halogens is 2. The van der Waals surface area contributed by atoms with E-state index in [1.165, 1.54) is 12.1 Å². The Morgan fingerprint density at radius 3 is 2.59 bits per heavy atom. The van der Waals surface area contributed by atoms with Gasteiger partial charge in [0.15, 0.2) is 29.0 Å². The standard InChI is InChI=1S/C18H17BrClN9O5/c19-8-2-6(20)1-7(14(8)33)9(3-12(31)32)26-11(30)5-25-17(34)13-15(22)27-10(4-21)16(28-13)29-18(23)24/h1-2,9,33H,3,5H2,(H2,22,27)(H,25,34)(H,26,30)(H,31,32)(H4,23,24,28,29). The minimum atomic E-state index is -1.27. The molecule has 16 heteroatoms. The van der Waals surface area contributed by atoms with Gasteiger partial charge in [-0.3, -0.25) is 19.8 Å². The molecule has 0 bridgehead atoms. The van der Waals surface area contributed by atoms with Gasteiger partial charge in [-0.2, -0.15) is 5.26 Å². The third-order valence-corrected chi connectivity index (χ3v) is 4.88. The number of benzene rings is 1. The molecule has 2 rings (SSSR count). The second-order valence-electron chi connectivity index (χ2n) is 6.53. The molecule has 34 heavy (non-hydrogen) atoms. The van der Waals surface area contributed by atoms with Gasteiger partial charge < -0.3 is 37.6 Å². The number of nitrogens with two attached hydrogens (primary N) is 2. The fourth-order valence-electron chi connectivity index (χ4n) is 2.66. The van der Waals surface area contributed by atoms with Crippen molar-refractivity contribution in [1.82, 2.24) is 20.6 Å². The molecule has 1 unspecified atom stereocenters. The third kappa shape index (κ3) is 6.67. The summed E-state index contributed by atoms with van der Waals surface area (Å²) in [5.41, 5.74) is 10.1. The normalized spacial score (nSPS) is 11.1. The van der Waals surface area contributed by atoms with E-state index in [1.54, 1.807) is 6.07 Å². The van der Waals surface area contributed by atoms with Gasteiger partial charge in [0.05, 0.1) is 23.5 Å². The van der Waals surface area contributed by atoms with Gasteiger partial charge in [-0.05, 0) is 28.1 Å². The summed E-state index contributed by atoms with van der Waals surface area (Å²) in [6.07, 6.45) is -0.589. The van der Waals surface area contributed by atoms with E-state index in [-0.39, 0.29) is 32.3 Å². The molecule has 0 fully saturated rings. The number of hydrogen-bond acceptors (Lipinski definition) is 9. The van der Waals surface area contributed by atoms with Crippen molar-refractivity contribution in [2.45, 2.75) is 12.5 Å². The lowest BCUT2D eigenvalue weighted by Gasteiger charge is -2.20. The van der Waals surface area contributed by atoms with Crippen LogP contribution < -0.4 is 27.4 Å². The average molecular weight is 555 g/mol. The molecule has 0 radical (unpaired) electrons. The lowest BCUT2D eigenvalue weighted by Crippen LogP contribution is -2.40. The van der Waals surface area contributed by atoms with Crippen molar-refractivity contribution in [3.05, 3.63) is 38.6 Å². The van der Waals surface area contributed by atoms with Crippen LogP contribution in [0.5, 0.6) is 5.75 Å². The number of nitriles is 1. The van der Waals surface area contributed by atoms with E-state index >= 15 is 0 Å². The molecule has 2 amide bonds. The Hall–Kier alpha value is -4.16. The van der Waals surface area contributed by atoms with Gasteiger partial charge in [0.1, 0.15) is 11.8 Å². The zero-order chi connectivity index (χ0) is 25.6. The average Bonchev–Trinajstić information content (AvgIpc) is 2.74. The number of carboxylic acids is 1. The number of aromatic nitrogens is 2. The maximum absolute atomic E-state index is 12.5. The number of amides is 2. The fraction of sp³-hybridized carbons (Fsp3) is 0.167. The number of aliphatic carboxylic acids is 1. The molecule has 0 spiro atoms. The Kier molecular flexibility index (Phi) is 8.53. The van der Waals surface area contributed by atoms with Crippen molar-refractivity contribution in [2.24, 2.45) is 5.73 Å². The summed E-state index contributed by atoms with van der Waals surface area (Å²) in [6, 6.07) is 3.18. The van der Waals surface area contributed by atoms with Crippen LogP contribution in [0.4, 0.5) is 11.6 Å². The number of guanidine groups is 1. The van der Waals surface area contributed by atoms with Crippen LogP contribution in [-0.2, 0) is 9.59 Å². The maximum Gasteiger partial charge on any atom is 0.305 e. The first kappa shape index (κ1) is 26.1. The van der Waals surface area contributed by atoms with Crippen molar-refractivity contribution in [2.75, 3.05) is 17.6 Å². The molecule has 14 nitrogen and oxygen atoms in total. The molecule has 1 heterocycles. The Morgan fingerprint density at radius 2 is 2.00 bits per heavy atom. The van der Waals surface area contributed by atoms with Gasteiger partial charge in [-0.1, -0.05) is 11.6 Å². The number of hydrogen-bond donors (Lipinski definition) is 8. The molecule has 0 saturated heterocycles. The first-order valence-electron chi connectivity index (χ1n) is 9.08. The molecule has 2 aromatic rings. The molecule has 0 aliphatic rings. The topological polar surface area (TPSA) is 253 Å². The van der Waals surface area contributed by atoms with Crippen LogP contribution >= 0.6 is 27.5 Å². The number of phenols is 1. The van der Waals surface area contributed by atoms with Crippen LogP contribution in [-0.4, -0.2) is 50.5 Å². The summed E-state index contributed by atoms with van der Waals surface area (Å²) in [5, 5.41) is 42.8. The molecule has 1 aromatic carbocycles. The molecular weight excluding hydrogens is 538 g/mol. The number of aromatic hydroxyl groups is 1. The van der Waals surface area contributed by atoms with Gasteiger partial charge >= 0.3 is 5.97 Å². The van der Waals surface area contributed by atoms with E-state index in [0.29, 0.717) is 0 Å². The molecule has 1 atom stereocenters. The van der Waals surface area contributed by atoms with Crippen LogP contribution in [0.2, 0.25) is 5.02 Å². The predicted molar refractivity (Wildman–Crippen MR) is 123 cm³/mol. The number of nitrogen functional groups attached to an aromatic ring is 1. The van der Waals surface area contributed by atoms with Gasteiger partial charge in [0.2, 0.25) is 5.91 Å². The first-order valence-corrected chi connectivity index (χ1v) is 10.3. The minimum absolute atomic E-state index is 0.0450. The molecule has 0 saturated carbocycles. The second kappa shape index (κ2) is 11.1. The highest BCUT2D eigenvalue weighted by molar-refractivity contribution is 9.10. The van der Waals surface area contributed by atoms with Crippen molar-refractivity contribution in [3.8, 4) is 11.8 Å². The lowest BCUT2D eigenvalue weighted by atomic mass is 10.0. The highest BCUT2D eigenvalue weighted by Crippen LogP contribution is 2.36. The molecule has 0 aliphatic carbocycles. The monoisotopic (exact) mass is 553 g/mol.